The highest BCUT2D eigenvalue weighted by atomic mass is 16.4. The largest absolute Gasteiger partial charge is 0.456 e. The van der Waals surface area contributed by atoms with E-state index in [1.807, 2.05) is 30.3 Å². The molecule has 0 atom stereocenters. The van der Waals surface area contributed by atoms with Gasteiger partial charge < -0.3 is 8.83 Å². The van der Waals surface area contributed by atoms with Gasteiger partial charge in [0.05, 0.1) is 16.4 Å². The summed E-state index contributed by atoms with van der Waals surface area (Å²) < 4.78 is 14.8. The molecule has 0 fully saturated rings. The highest BCUT2D eigenvalue weighted by Gasteiger charge is 2.21. The number of fused-ring (bicyclic) bond motifs is 12. The molecule has 3 heterocycles. The molecule has 9 aromatic rings. The molecular formula is C33H18N2O2. The molecule has 37 heavy (non-hydrogen) atoms. The number of nitrogens with zero attached hydrogens (tertiary/aromatic N) is 2. The SMILES string of the molecule is c1ccc2c(c1)ccc1c2c2c3ccccc3ccc2n1-c1nc2c(ccc3oc4ccccc4c32)o1. The third-order valence-corrected chi connectivity index (χ3v) is 7.62. The Balaban J connectivity index is 1.48. The molecule has 172 valence electrons. The summed E-state index contributed by atoms with van der Waals surface area (Å²) >= 11 is 0. The summed E-state index contributed by atoms with van der Waals surface area (Å²) in [7, 11) is 0. The summed E-state index contributed by atoms with van der Waals surface area (Å²) in [6.45, 7) is 0. The Bertz CT molecular complexity index is 2280. The summed E-state index contributed by atoms with van der Waals surface area (Å²) in [5, 5.41) is 9.33. The lowest BCUT2D eigenvalue weighted by Crippen LogP contribution is -1.93. The fourth-order valence-electron chi connectivity index (χ4n) is 6.04. The van der Waals surface area contributed by atoms with Crippen LogP contribution in [0.1, 0.15) is 0 Å². The van der Waals surface area contributed by atoms with E-state index < -0.39 is 0 Å². The molecule has 0 saturated heterocycles. The van der Waals surface area contributed by atoms with Gasteiger partial charge in [0.15, 0.2) is 5.58 Å². The molecule has 0 N–H and O–H groups in total. The summed E-state index contributed by atoms with van der Waals surface area (Å²) in [6, 6.07) is 38.4. The van der Waals surface area contributed by atoms with E-state index in [2.05, 4.69) is 83.4 Å². The minimum atomic E-state index is 0.554. The summed E-state index contributed by atoms with van der Waals surface area (Å²) in [4.78, 5) is 5.10. The quantitative estimate of drug-likeness (QED) is 0.238. The van der Waals surface area contributed by atoms with Crippen molar-refractivity contribution in [2.75, 3.05) is 0 Å². The van der Waals surface area contributed by atoms with E-state index in [1.54, 1.807) is 0 Å². The standard InChI is InChI=1S/C33H18N2O2/c1-3-9-21-19(7-1)13-15-24-29(21)30-22-10-4-2-8-20(22)14-16-25(30)35(24)33-34-32-28(37-33)18-17-27-31(32)23-11-5-6-12-26(23)36-27/h1-18H. The molecule has 0 radical (unpaired) electrons. The molecule has 9 rings (SSSR count). The van der Waals surface area contributed by atoms with Gasteiger partial charge in [-0.1, -0.05) is 78.9 Å². The Morgan fingerprint density at radius 1 is 0.459 bits per heavy atom. The predicted octanol–water partition coefficient (Wildman–Crippen LogP) is 9.13. The van der Waals surface area contributed by atoms with Crippen LogP contribution in [0.3, 0.4) is 0 Å². The van der Waals surface area contributed by atoms with Crippen molar-refractivity contribution in [3.63, 3.8) is 0 Å². The minimum absolute atomic E-state index is 0.554. The van der Waals surface area contributed by atoms with Crippen molar-refractivity contribution >= 4 is 76.4 Å². The van der Waals surface area contributed by atoms with Gasteiger partial charge in [-0.3, -0.25) is 4.57 Å². The zero-order chi connectivity index (χ0) is 24.1. The van der Waals surface area contributed by atoms with Gasteiger partial charge >= 0.3 is 6.01 Å². The number of aromatic nitrogens is 2. The van der Waals surface area contributed by atoms with Gasteiger partial charge in [-0.2, -0.15) is 4.98 Å². The van der Waals surface area contributed by atoms with Crippen LogP contribution in [0.2, 0.25) is 0 Å². The van der Waals surface area contributed by atoms with Crippen molar-refractivity contribution in [3.8, 4) is 6.01 Å². The number of benzene rings is 6. The van der Waals surface area contributed by atoms with Gasteiger partial charge in [0, 0.05) is 16.2 Å². The molecule has 4 nitrogen and oxygen atoms in total. The van der Waals surface area contributed by atoms with Crippen LogP contribution in [-0.2, 0) is 0 Å². The van der Waals surface area contributed by atoms with Crippen molar-refractivity contribution < 1.29 is 8.83 Å². The first-order chi connectivity index (χ1) is 18.3. The number of furan rings is 1. The molecule has 4 heteroatoms. The Kier molecular flexibility index (Phi) is 3.50. The van der Waals surface area contributed by atoms with Crippen LogP contribution in [-0.4, -0.2) is 9.55 Å². The molecule has 0 unspecified atom stereocenters. The number of hydrogen-bond acceptors (Lipinski definition) is 3. The molecule has 0 aliphatic carbocycles. The van der Waals surface area contributed by atoms with Crippen molar-refractivity contribution in [1.29, 1.82) is 0 Å². The van der Waals surface area contributed by atoms with Gasteiger partial charge in [0.2, 0.25) is 0 Å². The third-order valence-electron chi connectivity index (χ3n) is 7.62. The zero-order valence-corrected chi connectivity index (χ0v) is 19.6. The zero-order valence-electron chi connectivity index (χ0n) is 19.6. The fourth-order valence-corrected chi connectivity index (χ4v) is 6.04. The lowest BCUT2D eigenvalue weighted by molar-refractivity contribution is 0.574. The van der Waals surface area contributed by atoms with Crippen LogP contribution >= 0.6 is 0 Å². The molecule has 0 aliphatic heterocycles. The van der Waals surface area contributed by atoms with Crippen molar-refractivity contribution in [3.05, 3.63) is 109 Å². The predicted molar refractivity (Wildman–Crippen MR) is 151 cm³/mol. The average molecular weight is 475 g/mol. The van der Waals surface area contributed by atoms with E-state index in [0.717, 1.165) is 44.1 Å². The monoisotopic (exact) mass is 474 g/mol. The maximum atomic E-state index is 6.49. The molecule has 0 aliphatic rings. The van der Waals surface area contributed by atoms with Crippen molar-refractivity contribution in [2.45, 2.75) is 0 Å². The fraction of sp³-hybridized carbons (Fsp3) is 0. The Morgan fingerprint density at radius 3 is 1.76 bits per heavy atom. The van der Waals surface area contributed by atoms with E-state index in [9.17, 15) is 0 Å². The van der Waals surface area contributed by atoms with Gasteiger partial charge in [-0.25, -0.2) is 0 Å². The minimum Gasteiger partial charge on any atom is -0.456 e. The maximum Gasteiger partial charge on any atom is 0.307 e. The molecule has 0 amide bonds. The summed E-state index contributed by atoms with van der Waals surface area (Å²) in [5.41, 5.74) is 5.37. The molecule has 0 saturated carbocycles. The van der Waals surface area contributed by atoms with Crippen LogP contribution < -0.4 is 0 Å². The number of para-hydroxylation sites is 1. The smallest absolute Gasteiger partial charge is 0.307 e. The van der Waals surface area contributed by atoms with E-state index in [1.165, 1.54) is 32.3 Å². The lowest BCUT2D eigenvalue weighted by atomic mass is 10.00. The second-order valence-corrected chi connectivity index (χ2v) is 9.58. The van der Waals surface area contributed by atoms with Gasteiger partial charge in [-0.05, 0) is 51.9 Å². The van der Waals surface area contributed by atoms with E-state index >= 15 is 0 Å². The topological polar surface area (TPSA) is 44.1 Å². The maximum absolute atomic E-state index is 6.49. The Hall–Kier alpha value is -5.09. The highest BCUT2D eigenvalue weighted by molar-refractivity contribution is 6.28. The number of rotatable bonds is 1. The summed E-state index contributed by atoms with van der Waals surface area (Å²) in [6.07, 6.45) is 0. The summed E-state index contributed by atoms with van der Waals surface area (Å²) in [5.74, 6) is 0. The second-order valence-electron chi connectivity index (χ2n) is 9.58. The molecule has 0 spiro atoms. The van der Waals surface area contributed by atoms with Crippen LogP contribution in [0.5, 0.6) is 0 Å². The van der Waals surface area contributed by atoms with Crippen LogP contribution in [0, 0.1) is 0 Å². The second kappa shape index (κ2) is 6.77. The van der Waals surface area contributed by atoms with Crippen LogP contribution in [0.4, 0.5) is 0 Å². The van der Waals surface area contributed by atoms with E-state index in [-0.39, 0.29) is 0 Å². The van der Waals surface area contributed by atoms with E-state index in [4.69, 9.17) is 13.8 Å². The van der Waals surface area contributed by atoms with Gasteiger partial charge in [0.1, 0.15) is 16.7 Å². The lowest BCUT2D eigenvalue weighted by Gasteiger charge is -2.03. The third kappa shape index (κ3) is 2.44. The highest BCUT2D eigenvalue weighted by Crippen LogP contribution is 2.41. The molecule has 0 bridgehead atoms. The van der Waals surface area contributed by atoms with E-state index in [0.29, 0.717) is 6.01 Å². The number of hydrogen-bond donors (Lipinski definition) is 0. The average Bonchev–Trinajstić information content (AvgIpc) is 3.63. The van der Waals surface area contributed by atoms with Gasteiger partial charge in [-0.15, -0.1) is 0 Å². The Morgan fingerprint density at radius 2 is 1.05 bits per heavy atom. The molecular weight excluding hydrogens is 456 g/mol. The number of oxazole rings is 1. The van der Waals surface area contributed by atoms with Crippen molar-refractivity contribution in [1.82, 2.24) is 9.55 Å². The normalized spacial score (nSPS) is 12.3. The molecule has 3 aromatic heterocycles. The Labute approximate surface area is 209 Å². The molecule has 6 aromatic carbocycles. The van der Waals surface area contributed by atoms with Crippen molar-refractivity contribution in [2.24, 2.45) is 0 Å². The first-order valence-electron chi connectivity index (χ1n) is 12.4. The van der Waals surface area contributed by atoms with Gasteiger partial charge in [0.25, 0.3) is 0 Å². The first kappa shape index (κ1) is 19.1. The van der Waals surface area contributed by atoms with Crippen LogP contribution in [0.15, 0.2) is 118 Å². The van der Waals surface area contributed by atoms with Crippen LogP contribution in [0.25, 0.3) is 82.4 Å². The first-order valence-corrected chi connectivity index (χ1v) is 12.4.